The maximum Gasteiger partial charge on any atom is 0.352 e. The summed E-state index contributed by atoms with van der Waals surface area (Å²) >= 11 is 0. The summed E-state index contributed by atoms with van der Waals surface area (Å²) in [4.78, 5) is 17.0. The normalized spacial score (nSPS) is 15.0. The fourth-order valence-corrected chi connectivity index (χ4v) is 2.75. The Morgan fingerprint density at radius 3 is 2.96 bits per heavy atom. The third-order valence-electron chi connectivity index (χ3n) is 4.21. The van der Waals surface area contributed by atoms with Crippen LogP contribution in [0.4, 0.5) is 0 Å². The van der Waals surface area contributed by atoms with Gasteiger partial charge in [-0.05, 0) is 0 Å². The molecule has 0 unspecified atom stereocenters. The topological polar surface area (TPSA) is 87.5 Å². The van der Waals surface area contributed by atoms with Crippen LogP contribution in [0.15, 0.2) is 21.7 Å². The van der Waals surface area contributed by atoms with Gasteiger partial charge in [0.1, 0.15) is 17.8 Å². The Morgan fingerprint density at radius 1 is 1.33 bits per heavy atom. The van der Waals surface area contributed by atoms with Crippen LogP contribution in [0.25, 0.3) is 5.65 Å². The Labute approximate surface area is 138 Å². The molecule has 0 saturated carbocycles. The van der Waals surface area contributed by atoms with E-state index in [-0.39, 0.29) is 17.6 Å². The van der Waals surface area contributed by atoms with Crippen molar-refractivity contribution in [2.24, 2.45) is 0 Å². The Hall–Kier alpha value is -2.48. The highest BCUT2D eigenvalue weighted by Gasteiger charge is 2.22. The van der Waals surface area contributed by atoms with Gasteiger partial charge in [-0.1, -0.05) is 25.9 Å². The van der Waals surface area contributed by atoms with Crippen molar-refractivity contribution < 1.29 is 9.26 Å². The third-order valence-corrected chi connectivity index (χ3v) is 4.21. The van der Waals surface area contributed by atoms with Crippen LogP contribution in [-0.2, 0) is 29.7 Å². The van der Waals surface area contributed by atoms with Crippen molar-refractivity contribution in [3.63, 3.8) is 0 Å². The first kappa shape index (κ1) is 15.1. The molecule has 3 aromatic heterocycles. The molecule has 4 heterocycles. The van der Waals surface area contributed by atoms with Crippen molar-refractivity contribution in [3.05, 3.63) is 45.6 Å². The molecule has 0 N–H and O–H groups in total. The van der Waals surface area contributed by atoms with Crippen LogP contribution in [0, 0.1) is 0 Å². The van der Waals surface area contributed by atoms with Gasteiger partial charge in [-0.15, -0.1) is 0 Å². The molecule has 0 radical (unpaired) electrons. The smallest absolute Gasteiger partial charge is 0.352 e. The lowest BCUT2D eigenvalue weighted by Crippen LogP contribution is -2.29. The van der Waals surface area contributed by atoms with E-state index in [1.54, 1.807) is 0 Å². The SMILES string of the molecule is CC(C)(C)c1cc2ncn(Cc3noc4c3COCC4)c(=O)n2n1. The molecule has 0 aromatic carbocycles. The molecule has 0 spiro atoms. The number of fused-ring (bicyclic) bond motifs is 2. The molecule has 8 heteroatoms. The molecular weight excluding hydrogens is 310 g/mol. The molecule has 126 valence electrons. The van der Waals surface area contributed by atoms with E-state index in [1.165, 1.54) is 15.4 Å². The summed E-state index contributed by atoms with van der Waals surface area (Å²) in [6.07, 6.45) is 2.24. The van der Waals surface area contributed by atoms with E-state index in [0.717, 1.165) is 17.0 Å². The molecule has 0 amide bonds. The van der Waals surface area contributed by atoms with Crippen molar-refractivity contribution in [1.29, 1.82) is 0 Å². The van der Waals surface area contributed by atoms with Crippen LogP contribution in [0.2, 0.25) is 0 Å². The molecule has 8 nitrogen and oxygen atoms in total. The quantitative estimate of drug-likeness (QED) is 0.704. The van der Waals surface area contributed by atoms with Gasteiger partial charge in [0, 0.05) is 23.5 Å². The minimum absolute atomic E-state index is 0.145. The number of ether oxygens (including phenoxy) is 1. The predicted molar refractivity (Wildman–Crippen MR) is 84.9 cm³/mol. The van der Waals surface area contributed by atoms with E-state index >= 15 is 0 Å². The van der Waals surface area contributed by atoms with Gasteiger partial charge in [-0.3, -0.25) is 4.57 Å². The van der Waals surface area contributed by atoms with Crippen LogP contribution in [-0.4, -0.2) is 30.9 Å². The molecule has 1 aliphatic rings. The molecule has 0 aliphatic carbocycles. The van der Waals surface area contributed by atoms with Gasteiger partial charge in [0.2, 0.25) is 0 Å². The maximum absolute atomic E-state index is 12.7. The monoisotopic (exact) mass is 329 g/mol. The van der Waals surface area contributed by atoms with Crippen LogP contribution >= 0.6 is 0 Å². The van der Waals surface area contributed by atoms with Gasteiger partial charge in [0.05, 0.1) is 25.5 Å². The number of nitrogens with zero attached hydrogens (tertiary/aromatic N) is 5. The van der Waals surface area contributed by atoms with Gasteiger partial charge >= 0.3 is 5.69 Å². The van der Waals surface area contributed by atoms with E-state index in [1.807, 2.05) is 6.07 Å². The molecule has 0 saturated heterocycles. The first-order valence-electron chi connectivity index (χ1n) is 7.93. The molecule has 0 atom stereocenters. The zero-order valence-corrected chi connectivity index (χ0v) is 13.9. The third kappa shape index (κ3) is 2.43. The molecule has 0 fully saturated rings. The standard InChI is InChI=1S/C16H19N5O3/c1-16(2,3)13-6-14-17-9-20(15(22)21(14)18-13)7-11-10-8-23-5-4-12(10)24-19-11/h6,9H,4-5,7-8H2,1-3H3. The summed E-state index contributed by atoms with van der Waals surface area (Å²) in [5.41, 5.74) is 2.63. The van der Waals surface area contributed by atoms with Crippen molar-refractivity contribution in [2.45, 2.75) is 45.8 Å². The van der Waals surface area contributed by atoms with Gasteiger partial charge in [0.15, 0.2) is 5.65 Å². The van der Waals surface area contributed by atoms with Crippen LogP contribution < -0.4 is 5.69 Å². The number of hydrogen-bond donors (Lipinski definition) is 0. The highest BCUT2D eigenvalue weighted by molar-refractivity contribution is 5.39. The number of hydrogen-bond acceptors (Lipinski definition) is 6. The molecular formula is C16H19N5O3. The summed E-state index contributed by atoms with van der Waals surface area (Å²) < 4.78 is 13.6. The number of aromatic nitrogens is 5. The summed E-state index contributed by atoms with van der Waals surface area (Å²) in [6, 6.07) is 1.84. The minimum Gasteiger partial charge on any atom is -0.376 e. The van der Waals surface area contributed by atoms with E-state index in [4.69, 9.17) is 9.26 Å². The second kappa shape index (κ2) is 5.27. The molecule has 24 heavy (non-hydrogen) atoms. The Balaban J connectivity index is 1.74. The van der Waals surface area contributed by atoms with Crippen LogP contribution in [0.3, 0.4) is 0 Å². The summed E-state index contributed by atoms with van der Waals surface area (Å²) in [5, 5.41) is 8.50. The second-order valence-corrected chi connectivity index (χ2v) is 7.04. The average Bonchev–Trinajstić information content (AvgIpc) is 3.15. The summed E-state index contributed by atoms with van der Waals surface area (Å²) in [5.74, 6) is 0.840. The fourth-order valence-electron chi connectivity index (χ4n) is 2.75. The highest BCUT2D eigenvalue weighted by Crippen LogP contribution is 2.22. The van der Waals surface area contributed by atoms with E-state index in [2.05, 4.69) is 36.0 Å². The first-order chi connectivity index (χ1) is 11.4. The zero-order chi connectivity index (χ0) is 16.9. The molecule has 0 bridgehead atoms. The van der Waals surface area contributed by atoms with Crippen molar-refractivity contribution in [1.82, 2.24) is 24.3 Å². The van der Waals surface area contributed by atoms with Gasteiger partial charge in [-0.25, -0.2) is 9.78 Å². The van der Waals surface area contributed by atoms with Gasteiger partial charge < -0.3 is 9.26 Å². The number of rotatable bonds is 2. The maximum atomic E-state index is 12.7. The second-order valence-electron chi connectivity index (χ2n) is 7.04. The molecule has 4 rings (SSSR count). The van der Waals surface area contributed by atoms with E-state index in [0.29, 0.717) is 31.0 Å². The highest BCUT2D eigenvalue weighted by atomic mass is 16.5. The van der Waals surface area contributed by atoms with Gasteiger partial charge in [0.25, 0.3) is 0 Å². The predicted octanol–water partition coefficient (Wildman–Crippen LogP) is 1.30. The molecule has 1 aliphatic heterocycles. The van der Waals surface area contributed by atoms with Gasteiger partial charge in [-0.2, -0.15) is 9.61 Å². The zero-order valence-electron chi connectivity index (χ0n) is 13.9. The van der Waals surface area contributed by atoms with Crippen molar-refractivity contribution in [2.75, 3.05) is 6.61 Å². The lowest BCUT2D eigenvalue weighted by Gasteiger charge is -2.13. The molecule has 3 aromatic rings. The van der Waals surface area contributed by atoms with Crippen molar-refractivity contribution in [3.8, 4) is 0 Å². The summed E-state index contributed by atoms with van der Waals surface area (Å²) in [7, 11) is 0. The summed E-state index contributed by atoms with van der Waals surface area (Å²) in [6.45, 7) is 7.54. The van der Waals surface area contributed by atoms with Crippen LogP contribution in [0.1, 0.15) is 43.5 Å². The Kier molecular flexibility index (Phi) is 3.31. The average molecular weight is 329 g/mol. The lowest BCUT2D eigenvalue weighted by atomic mass is 9.93. The first-order valence-corrected chi connectivity index (χ1v) is 7.93. The van der Waals surface area contributed by atoms with Crippen molar-refractivity contribution >= 4 is 5.65 Å². The fraction of sp³-hybridized carbons (Fsp3) is 0.500. The van der Waals surface area contributed by atoms with E-state index in [9.17, 15) is 4.79 Å². The minimum atomic E-state index is -0.246. The Morgan fingerprint density at radius 2 is 2.17 bits per heavy atom. The Bertz CT molecular complexity index is 960. The van der Waals surface area contributed by atoms with E-state index < -0.39 is 0 Å². The van der Waals surface area contributed by atoms with Crippen LogP contribution in [0.5, 0.6) is 0 Å². The largest absolute Gasteiger partial charge is 0.376 e. The lowest BCUT2D eigenvalue weighted by molar-refractivity contribution is 0.102.